The summed E-state index contributed by atoms with van der Waals surface area (Å²) < 4.78 is 1.86. The molecule has 0 radical (unpaired) electrons. The van der Waals surface area contributed by atoms with E-state index in [0.717, 1.165) is 45.3 Å². The van der Waals surface area contributed by atoms with Crippen LogP contribution in [0, 0.1) is 0 Å². The molecule has 3 heterocycles. The van der Waals surface area contributed by atoms with Gasteiger partial charge in [0.25, 0.3) is 0 Å². The molecule has 2 aliphatic heterocycles. The van der Waals surface area contributed by atoms with E-state index in [9.17, 15) is 4.79 Å². The molecule has 1 N–H and O–H groups in total. The van der Waals surface area contributed by atoms with Gasteiger partial charge in [-0.25, -0.2) is 4.79 Å². The summed E-state index contributed by atoms with van der Waals surface area (Å²) in [6.45, 7) is 2.93. The van der Waals surface area contributed by atoms with Crippen molar-refractivity contribution in [3.8, 4) is 0 Å². The first-order chi connectivity index (χ1) is 11.2. The largest absolute Gasteiger partial charge is 0.335 e. The van der Waals surface area contributed by atoms with Crippen molar-refractivity contribution in [1.29, 1.82) is 0 Å². The number of nitrogens with one attached hydrogen (secondary N) is 1. The van der Waals surface area contributed by atoms with Crippen LogP contribution in [-0.4, -0.2) is 56.8 Å². The van der Waals surface area contributed by atoms with Gasteiger partial charge in [-0.2, -0.15) is 5.10 Å². The normalized spacial score (nSPS) is 28.5. The van der Waals surface area contributed by atoms with E-state index in [2.05, 4.69) is 26.4 Å². The summed E-state index contributed by atoms with van der Waals surface area (Å²) in [5.74, 6) is 0. The highest BCUT2D eigenvalue weighted by atomic mass is 16.2. The Kier molecular flexibility index (Phi) is 4.01. The molecule has 126 valence electrons. The Morgan fingerprint density at radius 1 is 1.22 bits per heavy atom. The number of aromatic nitrogens is 2. The number of carbonyl (C=O) groups is 1. The van der Waals surface area contributed by atoms with Gasteiger partial charge in [0.1, 0.15) is 0 Å². The number of rotatable bonds is 3. The zero-order valence-corrected chi connectivity index (χ0v) is 13.9. The first-order valence-electron chi connectivity index (χ1n) is 8.99. The van der Waals surface area contributed by atoms with Crippen molar-refractivity contribution in [2.75, 3.05) is 13.1 Å². The zero-order chi connectivity index (χ0) is 15.8. The van der Waals surface area contributed by atoms with E-state index in [1.165, 1.54) is 18.4 Å². The second-order valence-electron chi connectivity index (χ2n) is 7.33. The first kappa shape index (κ1) is 15.0. The Morgan fingerprint density at radius 2 is 2.00 bits per heavy atom. The fourth-order valence-electron chi connectivity index (χ4n) is 4.64. The summed E-state index contributed by atoms with van der Waals surface area (Å²) in [4.78, 5) is 17.2. The summed E-state index contributed by atoms with van der Waals surface area (Å²) >= 11 is 0. The minimum absolute atomic E-state index is 0.174. The Hall–Kier alpha value is -1.56. The molecule has 6 heteroatoms. The third-order valence-electron chi connectivity index (χ3n) is 5.78. The van der Waals surface area contributed by atoms with Gasteiger partial charge in [0, 0.05) is 50.5 Å². The van der Waals surface area contributed by atoms with E-state index in [0.29, 0.717) is 18.1 Å². The van der Waals surface area contributed by atoms with Crippen molar-refractivity contribution in [1.82, 2.24) is 24.9 Å². The van der Waals surface area contributed by atoms with Crippen LogP contribution in [0.3, 0.4) is 0 Å². The van der Waals surface area contributed by atoms with Gasteiger partial charge >= 0.3 is 6.03 Å². The van der Waals surface area contributed by atoms with E-state index in [1.54, 1.807) is 0 Å². The third-order valence-corrected chi connectivity index (χ3v) is 5.78. The lowest BCUT2D eigenvalue weighted by atomic mass is 10.1. The fourth-order valence-corrected chi connectivity index (χ4v) is 4.64. The number of amides is 2. The highest BCUT2D eigenvalue weighted by molar-refractivity contribution is 5.75. The Morgan fingerprint density at radius 3 is 2.74 bits per heavy atom. The van der Waals surface area contributed by atoms with Crippen LogP contribution in [-0.2, 0) is 13.6 Å². The molecule has 0 unspecified atom stereocenters. The Balaban J connectivity index is 1.36. The minimum atomic E-state index is 0.174. The van der Waals surface area contributed by atoms with Crippen molar-refractivity contribution in [3.63, 3.8) is 0 Å². The van der Waals surface area contributed by atoms with Crippen molar-refractivity contribution in [2.45, 2.75) is 63.2 Å². The molecule has 2 saturated heterocycles. The number of aryl methyl sites for hydroxylation is 1. The maximum absolute atomic E-state index is 12.6. The molecule has 0 spiro atoms. The fraction of sp³-hybridized carbons (Fsp3) is 0.765. The molecule has 0 bridgehead atoms. The molecule has 2 atom stereocenters. The van der Waals surface area contributed by atoms with Gasteiger partial charge < -0.3 is 10.2 Å². The molecule has 23 heavy (non-hydrogen) atoms. The zero-order valence-electron chi connectivity index (χ0n) is 13.9. The quantitative estimate of drug-likeness (QED) is 0.923. The van der Waals surface area contributed by atoms with Crippen LogP contribution in [0.4, 0.5) is 4.79 Å². The van der Waals surface area contributed by atoms with Crippen LogP contribution in [0.1, 0.15) is 44.1 Å². The van der Waals surface area contributed by atoms with E-state index < -0.39 is 0 Å². The number of likely N-dealkylation sites (tertiary alicyclic amines) is 2. The molecule has 3 fully saturated rings. The summed E-state index contributed by atoms with van der Waals surface area (Å²) in [5, 5.41) is 7.52. The molecule has 0 aromatic carbocycles. The number of fused-ring (bicyclic) bond motifs is 1. The molecule has 4 rings (SSSR count). The van der Waals surface area contributed by atoms with Crippen molar-refractivity contribution in [2.24, 2.45) is 7.05 Å². The van der Waals surface area contributed by atoms with Gasteiger partial charge in [-0.3, -0.25) is 9.58 Å². The molecule has 1 aromatic rings. The highest BCUT2D eigenvalue weighted by Crippen LogP contribution is 2.33. The first-order valence-corrected chi connectivity index (χ1v) is 8.99. The molecule has 1 aromatic heterocycles. The van der Waals surface area contributed by atoms with Gasteiger partial charge in [0.05, 0.1) is 12.2 Å². The molecule has 6 nitrogen and oxygen atoms in total. The molecular formula is C17H27N5O. The number of hydrogen-bond acceptors (Lipinski definition) is 3. The summed E-state index contributed by atoms with van der Waals surface area (Å²) in [7, 11) is 1.96. The Bertz CT molecular complexity index is 565. The topological polar surface area (TPSA) is 53.4 Å². The number of urea groups is 1. The van der Waals surface area contributed by atoms with Gasteiger partial charge in [-0.1, -0.05) is 12.8 Å². The smallest absolute Gasteiger partial charge is 0.317 e. The van der Waals surface area contributed by atoms with Gasteiger partial charge in [-0.15, -0.1) is 0 Å². The third kappa shape index (κ3) is 2.96. The van der Waals surface area contributed by atoms with Crippen LogP contribution in [0.2, 0.25) is 0 Å². The van der Waals surface area contributed by atoms with Crippen LogP contribution in [0.25, 0.3) is 0 Å². The predicted octanol–water partition coefficient (Wildman–Crippen LogP) is 1.72. The van der Waals surface area contributed by atoms with E-state index in [1.807, 2.05) is 17.9 Å². The average Bonchev–Trinajstić information content (AvgIpc) is 3.26. The molecule has 2 amide bonds. The maximum Gasteiger partial charge on any atom is 0.317 e. The van der Waals surface area contributed by atoms with Crippen LogP contribution in [0.5, 0.6) is 0 Å². The van der Waals surface area contributed by atoms with Crippen LogP contribution in [0.15, 0.2) is 12.4 Å². The van der Waals surface area contributed by atoms with Crippen molar-refractivity contribution < 1.29 is 4.79 Å². The van der Waals surface area contributed by atoms with Crippen molar-refractivity contribution in [3.05, 3.63) is 18.0 Å². The molecule has 1 aliphatic carbocycles. The molecule has 3 aliphatic rings. The summed E-state index contributed by atoms with van der Waals surface area (Å²) in [6, 6.07) is 1.50. The molecule has 1 saturated carbocycles. The van der Waals surface area contributed by atoms with Crippen molar-refractivity contribution >= 4 is 6.03 Å². The minimum Gasteiger partial charge on any atom is -0.335 e. The second-order valence-corrected chi connectivity index (χ2v) is 7.33. The van der Waals surface area contributed by atoms with E-state index in [-0.39, 0.29) is 6.03 Å². The van der Waals surface area contributed by atoms with Gasteiger partial charge in [-0.05, 0) is 25.7 Å². The maximum atomic E-state index is 12.6. The summed E-state index contributed by atoms with van der Waals surface area (Å²) in [6.07, 6.45) is 11.1. The lowest BCUT2D eigenvalue weighted by Gasteiger charge is -2.27. The number of carbonyl (C=O) groups excluding carboxylic acids is 1. The average molecular weight is 317 g/mol. The van der Waals surface area contributed by atoms with Gasteiger partial charge in [0.2, 0.25) is 0 Å². The standard InChI is InChI=1S/C17H27N5O/c1-20-11-13(10-18-20)12-21-8-6-16-15(21)7-9-22(16)17(23)19-14-4-2-3-5-14/h10-11,14-16H,2-9,12H2,1H3,(H,19,23)/t15-,16+/m0/s1. The van der Waals surface area contributed by atoms with E-state index >= 15 is 0 Å². The lowest BCUT2D eigenvalue weighted by Crippen LogP contribution is -2.47. The monoisotopic (exact) mass is 317 g/mol. The lowest BCUT2D eigenvalue weighted by molar-refractivity contribution is 0.184. The van der Waals surface area contributed by atoms with Crippen LogP contribution < -0.4 is 5.32 Å². The SMILES string of the molecule is Cn1cc(CN2CC[C@@H]3[C@@H]2CCN3C(=O)NC2CCCC2)cn1. The second kappa shape index (κ2) is 6.15. The van der Waals surface area contributed by atoms with Crippen LogP contribution >= 0.6 is 0 Å². The predicted molar refractivity (Wildman–Crippen MR) is 87.9 cm³/mol. The number of nitrogens with zero attached hydrogens (tertiary/aromatic N) is 4. The molecular weight excluding hydrogens is 290 g/mol. The summed E-state index contributed by atoms with van der Waals surface area (Å²) in [5.41, 5.74) is 1.27. The van der Waals surface area contributed by atoms with Gasteiger partial charge in [0.15, 0.2) is 0 Å². The van der Waals surface area contributed by atoms with E-state index in [4.69, 9.17) is 0 Å². The highest BCUT2D eigenvalue weighted by Gasteiger charge is 2.44. The number of hydrogen-bond donors (Lipinski definition) is 1. The Labute approximate surface area is 137 Å².